The predicted molar refractivity (Wildman–Crippen MR) is 64.7 cm³/mol. The number of nitrogens with one attached hydrogen (secondary N) is 1. The zero-order valence-corrected chi connectivity index (χ0v) is 11.1. The van der Waals surface area contributed by atoms with Crippen molar-refractivity contribution in [2.75, 3.05) is 6.54 Å². The van der Waals surface area contributed by atoms with Crippen molar-refractivity contribution in [1.82, 2.24) is 5.32 Å². The minimum absolute atomic E-state index is 0. The number of amides is 2. The minimum Gasteiger partial charge on any atom is -0.370 e. The summed E-state index contributed by atoms with van der Waals surface area (Å²) < 4.78 is 0. The van der Waals surface area contributed by atoms with E-state index in [0.29, 0.717) is 19.4 Å². The van der Waals surface area contributed by atoms with Gasteiger partial charge in [-0.15, -0.1) is 0 Å². The molecular weight excluding hydrogens is 288 g/mol. The third kappa shape index (κ3) is 8.80. The number of hydrogen-bond acceptors (Lipinski definition) is 4. The predicted octanol–water partition coefficient (Wildman–Crippen LogP) is -2.65. The van der Waals surface area contributed by atoms with Gasteiger partial charge < -0.3 is 28.3 Å². The summed E-state index contributed by atoms with van der Waals surface area (Å²) in [5.41, 5.74) is 20.8. The number of carbonyl (C=O) groups excluding carboxylic acids is 2. The molecule has 107 valence electrons. The SMILES string of the molecule is CC(N)C(=O)NC(CCCN=C(N)N)C(N)=O.[Cu+2]. The van der Waals surface area contributed by atoms with Gasteiger partial charge in [0.15, 0.2) is 5.96 Å². The summed E-state index contributed by atoms with van der Waals surface area (Å²) >= 11 is 0. The van der Waals surface area contributed by atoms with E-state index >= 15 is 0 Å². The zero-order valence-electron chi connectivity index (χ0n) is 10.2. The first-order valence-corrected chi connectivity index (χ1v) is 5.25. The number of nitrogens with two attached hydrogens (primary N) is 4. The van der Waals surface area contributed by atoms with E-state index in [9.17, 15) is 9.59 Å². The minimum atomic E-state index is -0.748. The average molecular weight is 308 g/mol. The summed E-state index contributed by atoms with van der Waals surface area (Å²) in [6.45, 7) is 1.90. The Morgan fingerprint density at radius 3 is 2.22 bits per heavy atom. The molecule has 0 fully saturated rings. The van der Waals surface area contributed by atoms with Crippen molar-refractivity contribution in [3.05, 3.63) is 0 Å². The maximum Gasteiger partial charge on any atom is 2.00 e. The van der Waals surface area contributed by atoms with Crippen LogP contribution < -0.4 is 28.3 Å². The van der Waals surface area contributed by atoms with E-state index in [2.05, 4.69) is 10.3 Å². The fraction of sp³-hybridized carbons (Fsp3) is 0.667. The van der Waals surface area contributed by atoms with Crippen LogP contribution in [-0.2, 0) is 26.7 Å². The number of primary amides is 1. The molecular formula is C9H20CuN6O2+2. The molecule has 0 aromatic carbocycles. The van der Waals surface area contributed by atoms with Crippen molar-refractivity contribution in [3.8, 4) is 0 Å². The van der Waals surface area contributed by atoms with Gasteiger partial charge in [-0.25, -0.2) is 0 Å². The Labute approximate surface area is 116 Å². The van der Waals surface area contributed by atoms with Gasteiger partial charge in [0, 0.05) is 6.54 Å². The molecule has 0 heterocycles. The molecule has 18 heavy (non-hydrogen) atoms. The Balaban J connectivity index is 0. The average Bonchev–Trinajstić information content (AvgIpc) is 2.21. The molecule has 0 aromatic rings. The monoisotopic (exact) mass is 307 g/mol. The van der Waals surface area contributed by atoms with Gasteiger partial charge in [0.05, 0.1) is 6.04 Å². The molecule has 0 aliphatic carbocycles. The fourth-order valence-corrected chi connectivity index (χ4v) is 1.09. The molecule has 0 bridgehead atoms. The van der Waals surface area contributed by atoms with Crippen molar-refractivity contribution in [3.63, 3.8) is 0 Å². The normalized spacial score (nSPS) is 12.8. The van der Waals surface area contributed by atoms with Crippen LogP contribution >= 0.6 is 0 Å². The Morgan fingerprint density at radius 2 is 1.83 bits per heavy atom. The third-order valence-electron chi connectivity index (χ3n) is 2.02. The first kappa shape index (κ1) is 19.0. The van der Waals surface area contributed by atoms with Crippen molar-refractivity contribution in [1.29, 1.82) is 0 Å². The molecule has 0 aliphatic rings. The van der Waals surface area contributed by atoms with Crippen LogP contribution in [0.4, 0.5) is 0 Å². The number of aliphatic imine (C=N–C) groups is 1. The van der Waals surface area contributed by atoms with E-state index in [1.54, 1.807) is 0 Å². The van der Waals surface area contributed by atoms with E-state index in [1.807, 2.05) is 0 Å². The van der Waals surface area contributed by atoms with Gasteiger partial charge in [-0.05, 0) is 19.8 Å². The molecule has 2 atom stereocenters. The Bertz CT molecular complexity index is 303. The maximum atomic E-state index is 11.3. The van der Waals surface area contributed by atoms with E-state index in [-0.39, 0.29) is 23.0 Å². The van der Waals surface area contributed by atoms with Gasteiger partial charge in [0.25, 0.3) is 0 Å². The Kier molecular flexibility index (Phi) is 10.3. The van der Waals surface area contributed by atoms with Crippen molar-refractivity contribution in [2.45, 2.75) is 31.8 Å². The molecule has 0 aliphatic heterocycles. The van der Waals surface area contributed by atoms with E-state index in [0.717, 1.165) is 0 Å². The topological polar surface area (TPSA) is 163 Å². The molecule has 2 unspecified atom stereocenters. The zero-order chi connectivity index (χ0) is 13.4. The van der Waals surface area contributed by atoms with Crippen LogP contribution in [0.25, 0.3) is 0 Å². The largest absolute Gasteiger partial charge is 2.00 e. The van der Waals surface area contributed by atoms with E-state index in [1.165, 1.54) is 6.92 Å². The van der Waals surface area contributed by atoms with Gasteiger partial charge in [-0.1, -0.05) is 0 Å². The molecule has 9 N–H and O–H groups in total. The summed E-state index contributed by atoms with van der Waals surface area (Å²) in [5.74, 6) is -1.04. The van der Waals surface area contributed by atoms with Crippen molar-refractivity contribution < 1.29 is 26.7 Å². The van der Waals surface area contributed by atoms with Crippen molar-refractivity contribution in [2.24, 2.45) is 27.9 Å². The van der Waals surface area contributed by atoms with Crippen LogP contribution in [0.1, 0.15) is 19.8 Å². The number of rotatable bonds is 7. The fourth-order valence-electron chi connectivity index (χ4n) is 1.09. The molecule has 0 spiro atoms. The molecule has 0 rings (SSSR count). The van der Waals surface area contributed by atoms with Crippen LogP contribution in [0.15, 0.2) is 4.99 Å². The molecule has 0 saturated heterocycles. The van der Waals surface area contributed by atoms with Gasteiger partial charge in [0.2, 0.25) is 11.8 Å². The quantitative estimate of drug-likeness (QED) is 0.150. The first-order valence-electron chi connectivity index (χ1n) is 5.25. The second-order valence-corrected chi connectivity index (χ2v) is 3.70. The van der Waals surface area contributed by atoms with E-state index in [4.69, 9.17) is 22.9 Å². The molecule has 8 nitrogen and oxygen atoms in total. The number of hydrogen-bond donors (Lipinski definition) is 5. The summed E-state index contributed by atoms with van der Waals surface area (Å²) in [6, 6.07) is -1.43. The first-order chi connectivity index (χ1) is 7.84. The standard InChI is InChI=1S/C9H20N6O2.Cu/c1-5(10)8(17)15-6(7(11)16)3-2-4-14-9(12)13;/h5-6H,2-4,10H2,1H3,(H2,11,16)(H,15,17)(H4,12,13,14);/q;+2. The number of nitrogens with zero attached hydrogens (tertiary/aromatic N) is 1. The van der Waals surface area contributed by atoms with Gasteiger partial charge in [0.1, 0.15) is 6.04 Å². The smallest absolute Gasteiger partial charge is 0.370 e. The molecule has 0 saturated carbocycles. The third-order valence-corrected chi connectivity index (χ3v) is 2.02. The molecule has 1 radical (unpaired) electrons. The van der Waals surface area contributed by atoms with Gasteiger partial charge in [-0.2, -0.15) is 0 Å². The number of carbonyl (C=O) groups is 2. The van der Waals surface area contributed by atoms with Crippen LogP contribution in [0.5, 0.6) is 0 Å². The van der Waals surface area contributed by atoms with Gasteiger partial charge in [-0.3, -0.25) is 14.6 Å². The summed E-state index contributed by atoms with van der Waals surface area (Å²) in [7, 11) is 0. The van der Waals surface area contributed by atoms with Gasteiger partial charge >= 0.3 is 17.1 Å². The molecule has 0 aromatic heterocycles. The molecule has 2 amide bonds. The maximum absolute atomic E-state index is 11.3. The van der Waals surface area contributed by atoms with Crippen LogP contribution in [0.2, 0.25) is 0 Å². The van der Waals surface area contributed by atoms with Crippen LogP contribution in [0.3, 0.4) is 0 Å². The summed E-state index contributed by atoms with van der Waals surface area (Å²) in [6.07, 6.45) is 0.898. The number of guanidine groups is 1. The summed E-state index contributed by atoms with van der Waals surface area (Å²) in [5, 5.41) is 2.45. The summed E-state index contributed by atoms with van der Waals surface area (Å²) in [4.78, 5) is 26.1. The Hall–Kier alpha value is -1.31. The second-order valence-electron chi connectivity index (χ2n) is 3.70. The molecule has 9 heteroatoms. The van der Waals surface area contributed by atoms with Crippen molar-refractivity contribution >= 4 is 17.8 Å². The Morgan fingerprint density at radius 1 is 1.28 bits per heavy atom. The van der Waals surface area contributed by atoms with E-state index < -0.39 is 23.9 Å². The van der Waals surface area contributed by atoms with Crippen LogP contribution in [0, 0.1) is 0 Å². The second kappa shape index (κ2) is 9.69. The van der Waals surface area contributed by atoms with Crippen LogP contribution in [-0.4, -0.2) is 36.4 Å².